The molecule has 3 rings (SSSR count). The summed E-state index contributed by atoms with van der Waals surface area (Å²) in [4.78, 5) is 39.5. The minimum Gasteiger partial charge on any atom is -0.497 e. The van der Waals surface area contributed by atoms with Gasteiger partial charge in [-0.3, -0.25) is 9.59 Å². The number of esters is 1. The fourth-order valence-electron chi connectivity index (χ4n) is 2.90. The third-order valence-corrected chi connectivity index (χ3v) is 4.50. The molecule has 0 radical (unpaired) electrons. The second-order valence-electron chi connectivity index (χ2n) is 6.37. The van der Waals surface area contributed by atoms with E-state index in [-0.39, 0.29) is 24.2 Å². The second-order valence-corrected chi connectivity index (χ2v) is 6.37. The lowest BCUT2D eigenvalue weighted by atomic mass is 10.2. The normalized spacial score (nSPS) is 14.1. The molecule has 8 heteroatoms. The Morgan fingerprint density at radius 3 is 2.52 bits per heavy atom. The highest BCUT2D eigenvalue weighted by Crippen LogP contribution is 2.14. The number of ether oxygens (including phenoxy) is 2. The van der Waals surface area contributed by atoms with Crippen LogP contribution in [0.5, 0.6) is 5.75 Å². The number of carbonyl (C=O) groups excluding carboxylic acids is 3. The lowest BCUT2D eigenvalue weighted by molar-refractivity contribution is -0.148. The van der Waals surface area contributed by atoms with E-state index >= 15 is 0 Å². The van der Waals surface area contributed by atoms with Crippen molar-refractivity contribution in [2.24, 2.45) is 0 Å². The quantitative estimate of drug-likeness (QED) is 0.545. The van der Waals surface area contributed by atoms with Crippen LogP contribution in [0.1, 0.15) is 16.1 Å². The Balaban J connectivity index is 1.42. The smallest absolute Gasteiger partial charge is 0.331 e. The molecule has 29 heavy (non-hydrogen) atoms. The average molecular weight is 398 g/mol. The van der Waals surface area contributed by atoms with Gasteiger partial charge in [-0.25, -0.2) is 4.79 Å². The summed E-state index contributed by atoms with van der Waals surface area (Å²) < 4.78 is 15.3. The van der Waals surface area contributed by atoms with Crippen LogP contribution in [-0.2, 0) is 14.3 Å². The number of furan rings is 1. The van der Waals surface area contributed by atoms with Crippen molar-refractivity contribution < 1.29 is 28.3 Å². The summed E-state index contributed by atoms with van der Waals surface area (Å²) in [5.41, 5.74) is 0.782. The fraction of sp³-hybridized carbons (Fsp3) is 0.286. The highest BCUT2D eigenvalue weighted by Gasteiger charge is 2.26. The first-order chi connectivity index (χ1) is 14.1. The Hall–Kier alpha value is -3.55. The topological polar surface area (TPSA) is 89.3 Å². The summed E-state index contributed by atoms with van der Waals surface area (Å²) in [5, 5.41) is 0. The molecule has 1 saturated heterocycles. The van der Waals surface area contributed by atoms with Crippen molar-refractivity contribution in [3.63, 3.8) is 0 Å². The maximum Gasteiger partial charge on any atom is 0.331 e. The molecule has 0 N–H and O–H groups in total. The molecule has 1 aromatic carbocycles. The van der Waals surface area contributed by atoms with Gasteiger partial charge in [-0.1, -0.05) is 12.1 Å². The predicted molar refractivity (Wildman–Crippen MR) is 104 cm³/mol. The van der Waals surface area contributed by atoms with E-state index in [1.165, 1.54) is 12.3 Å². The molecule has 1 fully saturated rings. The van der Waals surface area contributed by atoms with Gasteiger partial charge in [0.2, 0.25) is 0 Å². The van der Waals surface area contributed by atoms with E-state index < -0.39 is 5.97 Å². The van der Waals surface area contributed by atoms with Crippen LogP contribution < -0.4 is 4.74 Å². The van der Waals surface area contributed by atoms with Crippen LogP contribution in [0, 0.1) is 0 Å². The molecule has 0 unspecified atom stereocenters. The van der Waals surface area contributed by atoms with Gasteiger partial charge >= 0.3 is 5.97 Å². The number of hydrogen-bond acceptors (Lipinski definition) is 6. The third-order valence-electron chi connectivity index (χ3n) is 4.50. The van der Waals surface area contributed by atoms with Crippen molar-refractivity contribution in [2.45, 2.75) is 0 Å². The number of piperazine rings is 1. The van der Waals surface area contributed by atoms with E-state index in [1.54, 1.807) is 47.3 Å². The lowest BCUT2D eigenvalue weighted by Gasteiger charge is -2.34. The Morgan fingerprint density at radius 1 is 1.07 bits per heavy atom. The first-order valence-corrected chi connectivity index (χ1v) is 9.16. The molecule has 0 bridgehead atoms. The molecule has 8 nitrogen and oxygen atoms in total. The van der Waals surface area contributed by atoms with E-state index in [2.05, 4.69) is 0 Å². The first kappa shape index (κ1) is 20.2. The largest absolute Gasteiger partial charge is 0.497 e. The van der Waals surface area contributed by atoms with Crippen molar-refractivity contribution in [3.05, 3.63) is 60.1 Å². The van der Waals surface area contributed by atoms with Crippen molar-refractivity contribution in [3.8, 4) is 5.75 Å². The number of amides is 2. The lowest BCUT2D eigenvalue weighted by Crippen LogP contribution is -2.51. The van der Waals surface area contributed by atoms with E-state index in [0.29, 0.717) is 31.9 Å². The van der Waals surface area contributed by atoms with Crippen LogP contribution in [0.15, 0.2) is 53.2 Å². The zero-order valence-corrected chi connectivity index (χ0v) is 16.1. The van der Waals surface area contributed by atoms with Gasteiger partial charge in [0.1, 0.15) is 5.75 Å². The Kier molecular flexibility index (Phi) is 6.67. The van der Waals surface area contributed by atoms with Crippen molar-refractivity contribution in [1.82, 2.24) is 9.80 Å². The van der Waals surface area contributed by atoms with Gasteiger partial charge in [0.25, 0.3) is 11.8 Å². The summed E-state index contributed by atoms with van der Waals surface area (Å²) in [7, 11) is 1.56. The monoisotopic (exact) mass is 398 g/mol. The molecule has 2 amide bonds. The van der Waals surface area contributed by atoms with Gasteiger partial charge in [-0.2, -0.15) is 0 Å². The van der Waals surface area contributed by atoms with Crippen LogP contribution in [0.4, 0.5) is 0 Å². The van der Waals surface area contributed by atoms with Crippen molar-refractivity contribution in [1.29, 1.82) is 0 Å². The molecule has 152 valence electrons. The number of hydrogen-bond donors (Lipinski definition) is 0. The molecular weight excluding hydrogens is 376 g/mol. The molecule has 0 atom stereocenters. The fourth-order valence-corrected chi connectivity index (χ4v) is 2.90. The van der Waals surface area contributed by atoms with Gasteiger partial charge in [-0.05, 0) is 35.9 Å². The molecule has 2 heterocycles. The molecular formula is C21H22N2O6. The average Bonchev–Trinajstić information content (AvgIpc) is 3.30. The second kappa shape index (κ2) is 9.59. The molecule has 0 aliphatic carbocycles. The molecule has 1 aromatic heterocycles. The van der Waals surface area contributed by atoms with Crippen LogP contribution >= 0.6 is 0 Å². The Morgan fingerprint density at radius 2 is 1.83 bits per heavy atom. The SMILES string of the molecule is COc1cccc(C=CC(=O)OCC(=O)N2CCN(C(=O)c3ccco3)CC2)c1. The van der Waals surface area contributed by atoms with Gasteiger partial charge < -0.3 is 23.7 Å². The number of nitrogens with zero attached hydrogens (tertiary/aromatic N) is 2. The minimum absolute atomic E-state index is 0.198. The summed E-state index contributed by atoms with van der Waals surface area (Å²) in [5.74, 6) is -0.135. The van der Waals surface area contributed by atoms with E-state index in [9.17, 15) is 14.4 Å². The molecule has 1 aliphatic rings. The molecule has 1 aliphatic heterocycles. The minimum atomic E-state index is -0.604. The first-order valence-electron chi connectivity index (χ1n) is 9.16. The Bertz CT molecular complexity index is 882. The predicted octanol–water partition coefficient (Wildman–Crippen LogP) is 1.83. The number of rotatable bonds is 6. The van der Waals surface area contributed by atoms with E-state index in [1.807, 2.05) is 12.1 Å². The van der Waals surface area contributed by atoms with Gasteiger partial charge in [-0.15, -0.1) is 0 Å². The summed E-state index contributed by atoms with van der Waals surface area (Å²) in [6.45, 7) is 1.21. The van der Waals surface area contributed by atoms with Crippen molar-refractivity contribution in [2.75, 3.05) is 39.9 Å². The molecule has 0 saturated carbocycles. The van der Waals surface area contributed by atoms with Crippen LogP contribution in [0.3, 0.4) is 0 Å². The maximum atomic E-state index is 12.3. The standard InChI is InChI=1S/C21H22N2O6/c1-27-17-5-2-4-16(14-17)7-8-20(25)29-15-19(24)22-9-11-23(12-10-22)21(26)18-6-3-13-28-18/h2-8,13-14H,9-12,15H2,1H3. The summed E-state index contributed by atoms with van der Waals surface area (Å²) in [6, 6.07) is 10.5. The van der Waals surface area contributed by atoms with Crippen LogP contribution in [-0.4, -0.2) is 67.5 Å². The summed E-state index contributed by atoms with van der Waals surface area (Å²) >= 11 is 0. The van der Waals surface area contributed by atoms with Gasteiger partial charge in [0, 0.05) is 32.3 Å². The molecule has 0 spiro atoms. The van der Waals surface area contributed by atoms with Gasteiger partial charge in [0.05, 0.1) is 13.4 Å². The zero-order valence-electron chi connectivity index (χ0n) is 16.1. The van der Waals surface area contributed by atoms with E-state index in [4.69, 9.17) is 13.9 Å². The van der Waals surface area contributed by atoms with Crippen LogP contribution in [0.2, 0.25) is 0 Å². The summed E-state index contributed by atoms with van der Waals surface area (Å²) in [6.07, 6.45) is 4.31. The van der Waals surface area contributed by atoms with Crippen molar-refractivity contribution >= 4 is 23.9 Å². The zero-order chi connectivity index (χ0) is 20.6. The highest BCUT2D eigenvalue weighted by atomic mass is 16.5. The third kappa shape index (κ3) is 5.47. The van der Waals surface area contributed by atoms with E-state index in [0.717, 1.165) is 5.56 Å². The maximum absolute atomic E-state index is 12.3. The highest BCUT2D eigenvalue weighted by molar-refractivity contribution is 5.92. The van der Waals surface area contributed by atoms with Gasteiger partial charge in [0.15, 0.2) is 12.4 Å². The van der Waals surface area contributed by atoms with Crippen LogP contribution in [0.25, 0.3) is 6.08 Å². The number of benzene rings is 1. The molecule has 2 aromatic rings. The number of carbonyl (C=O) groups is 3. The number of methoxy groups -OCH3 is 1. The Labute approximate surface area is 168 Å².